The van der Waals surface area contributed by atoms with E-state index in [1.165, 1.54) is 13.2 Å². The molecule has 3 rings (SSSR count). The predicted octanol–water partition coefficient (Wildman–Crippen LogP) is 1.95. The second-order valence-electron chi connectivity index (χ2n) is 5.99. The van der Waals surface area contributed by atoms with Crippen LogP contribution in [-0.4, -0.2) is 48.5 Å². The molecule has 0 radical (unpaired) electrons. The van der Waals surface area contributed by atoms with Crippen LogP contribution in [0.2, 0.25) is 0 Å². The van der Waals surface area contributed by atoms with Gasteiger partial charge < -0.3 is 14.6 Å². The van der Waals surface area contributed by atoms with Crippen molar-refractivity contribution in [1.29, 1.82) is 0 Å². The third-order valence-electron chi connectivity index (χ3n) is 4.65. The number of aliphatic hydroxyl groups excluding tert-OH is 1. The van der Waals surface area contributed by atoms with Gasteiger partial charge in [0.15, 0.2) is 11.6 Å². The number of rotatable bonds is 3. The number of halogens is 1. The number of benzene rings is 1. The number of ether oxygens (including phenoxy) is 2. The van der Waals surface area contributed by atoms with Crippen molar-refractivity contribution < 1.29 is 19.0 Å². The molecule has 116 valence electrons. The summed E-state index contributed by atoms with van der Waals surface area (Å²) < 4.78 is 24.2. The summed E-state index contributed by atoms with van der Waals surface area (Å²) in [5.41, 5.74) is 0.667. The smallest absolute Gasteiger partial charge is 0.165 e. The van der Waals surface area contributed by atoms with E-state index in [1.807, 2.05) is 0 Å². The summed E-state index contributed by atoms with van der Waals surface area (Å²) in [5.74, 6) is -0.0844. The Kier molecular flexibility index (Phi) is 4.15. The summed E-state index contributed by atoms with van der Waals surface area (Å²) in [6, 6.07) is 4.91. The molecule has 1 spiro atoms. The summed E-state index contributed by atoms with van der Waals surface area (Å²) >= 11 is 0. The molecule has 2 heterocycles. The Morgan fingerprint density at radius 2 is 2.33 bits per heavy atom. The highest BCUT2D eigenvalue weighted by Gasteiger charge is 2.45. The van der Waals surface area contributed by atoms with E-state index in [4.69, 9.17) is 9.47 Å². The molecule has 2 saturated heterocycles. The maximum Gasteiger partial charge on any atom is 0.165 e. The van der Waals surface area contributed by atoms with E-state index in [0.29, 0.717) is 13.1 Å². The lowest BCUT2D eigenvalue weighted by atomic mass is 9.86. The van der Waals surface area contributed by atoms with Gasteiger partial charge in [0.1, 0.15) is 0 Å². The maximum absolute atomic E-state index is 13.4. The van der Waals surface area contributed by atoms with E-state index in [2.05, 4.69) is 4.90 Å². The van der Waals surface area contributed by atoms with E-state index in [9.17, 15) is 9.50 Å². The summed E-state index contributed by atoms with van der Waals surface area (Å²) in [4.78, 5) is 2.18. The van der Waals surface area contributed by atoms with Gasteiger partial charge >= 0.3 is 0 Å². The van der Waals surface area contributed by atoms with Crippen LogP contribution >= 0.6 is 0 Å². The SMILES string of the molecule is COc1cc(CN2CC[C@@]3(CCCO3)[C@@H](O)C2)ccc1F. The van der Waals surface area contributed by atoms with Gasteiger partial charge in [0, 0.05) is 26.2 Å². The van der Waals surface area contributed by atoms with Crippen LogP contribution in [0, 0.1) is 5.82 Å². The molecule has 21 heavy (non-hydrogen) atoms. The molecular weight excluding hydrogens is 273 g/mol. The average Bonchev–Trinajstić information content (AvgIpc) is 2.95. The Morgan fingerprint density at radius 3 is 3.00 bits per heavy atom. The van der Waals surface area contributed by atoms with Gasteiger partial charge in [-0.05, 0) is 37.0 Å². The first-order chi connectivity index (χ1) is 10.1. The minimum absolute atomic E-state index is 0.264. The van der Waals surface area contributed by atoms with Gasteiger partial charge in [-0.2, -0.15) is 0 Å². The topological polar surface area (TPSA) is 41.9 Å². The van der Waals surface area contributed by atoms with Gasteiger partial charge in [0.25, 0.3) is 0 Å². The average molecular weight is 295 g/mol. The summed E-state index contributed by atoms with van der Waals surface area (Å²) in [5, 5.41) is 10.4. The number of β-amino-alcohol motifs (C(OH)–C–C–N with tert-alkyl or cyclic N) is 1. The Bertz CT molecular complexity index is 502. The zero-order chi connectivity index (χ0) is 14.9. The molecule has 0 bridgehead atoms. The molecule has 0 saturated carbocycles. The maximum atomic E-state index is 13.4. The lowest BCUT2D eigenvalue weighted by Crippen LogP contribution is -2.54. The first kappa shape index (κ1) is 14.8. The molecule has 2 aliphatic heterocycles. The number of hydrogen-bond donors (Lipinski definition) is 1. The highest BCUT2D eigenvalue weighted by molar-refractivity contribution is 5.30. The molecule has 4 nitrogen and oxygen atoms in total. The van der Waals surface area contributed by atoms with Crippen LogP contribution in [0.15, 0.2) is 18.2 Å². The zero-order valence-corrected chi connectivity index (χ0v) is 12.3. The second kappa shape index (κ2) is 5.91. The standard InChI is InChI=1S/C16H22FNO3/c1-20-14-9-12(3-4-13(14)17)10-18-7-6-16(15(19)11-18)5-2-8-21-16/h3-4,9,15,19H,2,5-8,10-11H2,1H3/t15-,16-/m0/s1. The predicted molar refractivity (Wildman–Crippen MR) is 76.8 cm³/mol. The minimum Gasteiger partial charge on any atom is -0.494 e. The molecule has 0 unspecified atom stereocenters. The van der Waals surface area contributed by atoms with Gasteiger partial charge in [-0.15, -0.1) is 0 Å². The molecule has 2 fully saturated rings. The summed E-state index contributed by atoms with van der Waals surface area (Å²) in [6.45, 7) is 2.92. The molecule has 1 N–H and O–H groups in total. The van der Waals surface area contributed by atoms with Crippen molar-refractivity contribution in [1.82, 2.24) is 4.90 Å². The normalized spacial score (nSPS) is 30.0. The second-order valence-corrected chi connectivity index (χ2v) is 5.99. The Balaban J connectivity index is 1.64. The molecule has 0 aromatic heterocycles. The number of likely N-dealkylation sites (tertiary alicyclic amines) is 1. The van der Waals surface area contributed by atoms with Crippen LogP contribution in [0.25, 0.3) is 0 Å². The van der Waals surface area contributed by atoms with E-state index in [1.54, 1.807) is 12.1 Å². The number of methoxy groups -OCH3 is 1. The van der Waals surface area contributed by atoms with Crippen molar-refractivity contribution in [2.45, 2.75) is 37.5 Å². The van der Waals surface area contributed by atoms with Crippen LogP contribution in [0.3, 0.4) is 0 Å². The van der Waals surface area contributed by atoms with Crippen LogP contribution < -0.4 is 4.74 Å². The lowest BCUT2D eigenvalue weighted by Gasteiger charge is -2.42. The summed E-state index contributed by atoms with van der Waals surface area (Å²) in [7, 11) is 1.47. The van der Waals surface area contributed by atoms with Crippen molar-refractivity contribution in [3.8, 4) is 5.75 Å². The largest absolute Gasteiger partial charge is 0.494 e. The molecule has 2 atom stereocenters. The first-order valence-electron chi connectivity index (χ1n) is 7.50. The fraction of sp³-hybridized carbons (Fsp3) is 0.625. The Morgan fingerprint density at radius 1 is 1.48 bits per heavy atom. The Hall–Kier alpha value is -1.17. The van der Waals surface area contributed by atoms with Crippen molar-refractivity contribution >= 4 is 0 Å². The van der Waals surface area contributed by atoms with Gasteiger partial charge in [0.2, 0.25) is 0 Å². The fourth-order valence-electron chi connectivity index (χ4n) is 3.40. The Labute approximate surface area is 124 Å². The highest BCUT2D eigenvalue weighted by Crippen LogP contribution is 2.36. The number of nitrogens with zero attached hydrogens (tertiary/aromatic N) is 1. The molecule has 0 aliphatic carbocycles. The van der Waals surface area contributed by atoms with Crippen LogP contribution in [-0.2, 0) is 11.3 Å². The van der Waals surface area contributed by atoms with Crippen LogP contribution in [0.5, 0.6) is 5.75 Å². The molecule has 1 aromatic carbocycles. The van der Waals surface area contributed by atoms with Crippen molar-refractivity contribution in [2.75, 3.05) is 26.8 Å². The summed E-state index contributed by atoms with van der Waals surface area (Å²) in [6.07, 6.45) is 2.39. The van der Waals surface area contributed by atoms with Gasteiger partial charge in [-0.3, -0.25) is 4.90 Å². The number of hydrogen-bond acceptors (Lipinski definition) is 4. The molecule has 0 amide bonds. The van der Waals surface area contributed by atoms with Crippen LogP contribution in [0.4, 0.5) is 4.39 Å². The third kappa shape index (κ3) is 2.91. The first-order valence-corrected chi connectivity index (χ1v) is 7.50. The van der Waals surface area contributed by atoms with Crippen molar-refractivity contribution in [3.63, 3.8) is 0 Å². The fourth-order valence-corrected chi connectivity index (χ4v) is 3.40. The molecule has 1 aromatic rings. The minimum atomic E-state index is -0.448. The number of piperidine rings is 1. The van der Waals surface area contributed by atoms with E-state index < -0.39 is 6.10 Å². The molecule has 5 heteroatoms. The van der Waals surface area contributed by atoms with Gasteiger partial charge in [-0.1, -0.05) is 6.07 Å². The molecular formula is C16H22FNO3. The third-order valence-corrected chi connectivity index (χ3v) is 4.65. The lowest BCUT2D eigenvalue weighted by molar-refractivity contribution is -0.130. The monoisotopic (exact) mass is 295 g/mol. The zero-order valence-electron chi connectivity index (χ0n) is 12.3. The van der Waals surface area contributed by atoms with Gasteiger partial charge in [0.05, 0.1) is 18.8 Å². The van der Waals surface area contributed by atoms with E-state index >= 15 is 0 Å². The van der Waals surface area contributed by atoms with E-state index in [-0.39, 0.29) is 17.2 Å². The van der Waals surface area contributed by atoms with Crippen LogP contribution in [0.1, 0.15) is 24.8 Å². The number of aliphatic hydroxyl groups is 1. The van der Waals surface area contributed by atoms with Gasteiger partial charge in [-0.25, -0.2) is 4.39 Å². The quantitative estimate of drug-likeness (QED) is 0.925. The highest BCUT2D eigenvalue weighted by atomic mass is 19.1. The van der Waals surface area contributed by atoms with Crippen molar-refractivity contribution in [3.05, 3.63) is 29.6 Å². The van der Waals surface area contributed by atoms with E-state index in [0.717, 1.165) is 38.0 Å². The van der Waals surface area contributed by atoms with Crippen molar-refractivity contribution in [2.24, 2.45) is 0 Å². The molecule has 2 aliphatic rings.